The minimum atomic E-state index is -0.990. The van der Waals surface area contributed by atoms with Crippen molar-refractivity contribution in [1.82, 2.24) is 5.32 Å². The van der Waals surface area contributed by atoms with Crippen LogP contribution < -0.4 is 5.32 Å². The van der Waals surface area contributed by atoms with E-state index in [1.807, 2.05) is 0 Å². The molecule has 1 aromatic carbocycles. The summed E-state index contributed by atoms with van der Waals surface area (Å²) in [6, 6.07) is 6.88. The van der Waals surface area contributed by atoms with E-state index in [1.54, 1.807) is 30.0 Å². The number of benzene rings is 1. The zero-order valence-corrected chi connectivity index (χ0v) is 12.3. The number of carbonyl (C=O) groups excluding carboxylic acids is 1. The summed E-state index contributed by atoms with van der Waals surface area (Å²) in [5.41, 5.74) is 0.770. The molecule has 1 aliphatic rings. The van der Waals surface area contributed by atoms with Crippen molar-refractivity contribution in [2.75, 3.05) is 6.26 Å². The van der Waals surface area contributed by atoms with Crippen molar-refractivity contribution in [2.24, 2.45) is 0 Å². The molecule has 2 N–H and O–H groups in total. The third kappa shape index (κ3) is 3.54. The molecule has 1 aliphatic carbocycles. The third-order valence-corrected chi connectivity index (χ3v) is 4.87. The van der Waals surface area contributed by atoms with Crippen molar-refractivity contribution in [1.29, 1.82) is 0 Å². The van der Waals surface area contributed by atoms with Crippen LogP contribution in [0.3, 0.4) is 0 Å². The SMILES string of the molecule is CSC1CCCC1NC(=O)Cc1ccccc1C(=O)O. The molecule has 0 bridgehead atoms. The first-order valence-corrected chi connectivity index (χ1v) is 8.04. The van der Waals surface area contributed by atoms with Crippen molar-refractivity contribution in [3.63, 3.8) is 0 Å². The van der Waals surface area contributed by atoms with E-state index < -0.39 is 5.97 Å². The molecule has 0 radical (unpaired) electrons. The molecule has 0 saturated heterocycles. The third-order valence-electron chi connectivity index (χ3n) is 3.70. The molecule has 4 nitrogen and oxygen atoms in total. The van der Waals surface area contributed by atoms with E-state index in [-0.39, 0.29) is 23.9 Å². The fourth-order valence-electron chi connectivity index (χ4n) is 2.69. The first-order chi connectivity index (χ1) is 9.61. The number of thioether (sulfide) groups is 1. The van der Waals surface area contributed by atoms with Crippen molar-refractivity contribution < 1.29 is 14.7 Å². The van der Waals surface area contributed by atoms with E-state index >= 15 is 0 Å². The van der Waals surface area contributed by atoms with Crippen molar-refractivity contribution in [2.45, 2.75) is 37.0 Å². The first-order valence-electron chi connectivity index (χ1n) is 6.75. The van der Waals surface area contributed by atoms with E-state index in [4.69, 9.17) is 5.11 Å². The lowest BCUT2D eigenvalue weighted by molar-refractivity contribution is -0.121. The summed E-state index contributed by atoms with van der Waals surface area (Å²) in [6.45, 7) is 0. The van der Waals surface area contributed by atoms with Gasteiger partial charge in [-0.1, -0.05) is 24.6 Å². The maximum atomic E-state index is 12.1. The lowest BCUT2D eigenvalue weighted by atomic mass is 10.0. The van der Waals surface area contributed by atoms with Gasteiger partial charge in [0.25, 0.3) is 0 Å². The van der Waals surface area contributed by atoms with Crippen LogP contribution in [-0.2, 0) is 11.2 Å². The number of nitrogens with one attached hydrogen (secondary N) is 1. The number of rotatable bonds is 5. The molecule has 2 atom stereocenters. The van der Waals surface area contributed by atoms with E-state index in [9.17, 15) is 9.59 Å². The molecule has 1 saturated carbocycles. The van der Waals surface area contributed by atoms with Gasteiger partial charge in [-0.05, 0) is 30.7 Å². The fraction of sp³-hybridized carbons (Fsp3) is 0.467. The average molecular weight is 293 g/mol. The molecular formula is C15H19NO3S. The van der Waals surface area contributed by atoms with E-state index in [2.05, 4.69) is 11.6 Å². The van der Waals surface area contributed by atoms with Gasteiger partial charge in [0.1, 0.15) is 0 Å². The Labute approximate surface area is 123 Å². The van der Waals surface area contributed by atoms with Crippen molar-refractivity contribution in [3.05, 3.63) is 35.4 Å². The van der Waals surface area contributed by atoms with Crippen LogP contribution in [0.4, 0.5) is 0 Å². The van der Waals surface area contributed by atoms with E-state index in [0.717, 1.165) is 19.3 Å². The lowest BCUT2D eigenvalue weighted by Gasteiger charge is -2.19. The van der Waals surface area contributed by atoms with Gasteiger partial charge >= 0.3 is 5.97 Å². The molecule has 20 heavy (non-hydrogen) atoms. The van der Waals surface area contributed by atoms with E-state index in [1.165, 1.54) is 6.07 Å². The first kappa shape index (κ1) is 14.9. The molecule has 1 amide bonds. The largest absolute Gasteiger partial charge is 0.478 e. The molecule has 2 rings (SSSR count). The Morgan fingerprint density at radius 1 is 1.35 bits per heavy atom. The number of carboxylic acid groups (broad SMARTS) is 1. The summed E-state index contributed by atoms with van der Waals surface area (Å²) in [5.74, 6) is -1.08. The highest BCUT2D eigenvalue weighted by Gasteiger charge is 2.27. The molecule has 0 aliphatic heterocycles. The molecule has 5 heteroatoms. The van der Waals surface area contributed by atoms with Gasteiger partial charge in [-0.15, -0.1) is 0 Å². The molecule has 1 aromatic rings. The Balaban J connectivity index is 2.00. The second kappa shape index (κ2) is 6.79. The molecule has 0 heterocycles. The Kier molecular flexibility index (Phi) is 5.06. The monoisotopic (exact) mass is 293 g/mol. The maximum absolute atomic E-state index is 12.1. The fourth-order valence-corrected chi connectivity index (χ4v) is 3.62. The highest BCUT2D eigenvalue weighted by molar-refractivity contribution is 7.99. The summed E-state index contributed by atoms with van der Waals surface area (Å²) in [5, 5.41) is 12.6. The molecule has 1 fully saturated rings. The molecule has 2 unspecified atom stereocenters. The minimum Gasteiger partial charge on any atom is -0.478 e. The van der Waals surface area contributed by atoms with Crippen LogP contribution in [0.15, 0.2) is 24.3 Å². The van der Waals surface area contributed by atoms with Gasteiger partial charge in [-0.25, -0.2) is 4.79 Å². The number of carboxylic acids is 1. The van der Waals surface area contributed by atoms with Gasteiger partial charge in [0, 0.05) is 11.3 Å². The van der Waals surface area contributed by atoms with Crippen LogP contribution in [0.25, 0.3) is 0 Å². The Bertz CT molecular complexity index is 504. The summed E-state index contributed by atoms with van der Waals surface area (Å²) in [4.78, 5) is 23.2. The van der Waals surface area contributed by atoms with Gasteiger partial charge in [0.2, 0.25) is 5.91 Å². The van der Waals surface area contributed by atoms with E-state index in [0.29, 0.717) is 10.8 Å². The average Bonchev–Trinajstić information content (AvgIpc) is 2.86. The van der Waals surface area contributed by atoms with Gasteiger partial charge in [-0.3, -0.25) is 4.79 Å². The van der Waals surface area contributed by atoms with Crippen LogP contribution in [0.5, 0.6) is 0 Å². The van der Waals surface area contributed by atoms with Crippen LogP contribution in [0.2, 0.25) is 0 Å². The predicted molar refractivity (Wildman–Crippen MR) is 80.2 cm³/mol. The summed E-state index contributed by atoms with van der Waals surface area (Å²) >= 11 is 1.79. The normalized spacial score (nSPS) is 21.6. The van der Waals surface area contributed by atoms with Crippen molar-refractivity contribution >= 4 is 23.6 Å². The van der Waals surface area contributed by atoms with Gasteiger partial charge in [0.05, 0.1) is 12.0 Å². The minimum absolute atomic E-state index is 0.0929. The standard InChI is InChI=1S/C15H19NO3S/c1-20-13-8-4-7-12(13)16-14(17)9-10-5-2-3-6-11(10)15(18)19/h2-3,5-6,12-13H,4,7-9H2,1H3,(H,16,17)(H,18,19). The zero-order valence-electron chi connectivity index (χ0n) is 11.5. The predicted octanol–water partition coefficient (Wildman–Crippen LogP) is 2.33. The summed E-state index contributed by atoms with van der Waals surface area (Å²) in [7, 11) is 0. The highest BCUT2D eigenvalue weighted by Crippen LogP contribution is 2.28. The van der Waals surface area contributed by atoms with Crippen LogP contribution in [-0.4, -0.2) is 34.5 Å². The molecule has 0 spiro atoms. The molecular weight excluding hydrogens is 274 g/mol. The Hall–Kier alpha value is -1.49. The number of amides is 1. The van der Waals surface area contributed by atoms with Crippen LogP contribution in [0.1, 0.15) is 35.2 Å². The molecule has 108 valence electrons. The summed E-state index contributed by atoms with van der Waals surface area (Å²) in [6.07, 6.45) is 5.48. The van der Waals surface area contributed by atoms with Gasteiger partial charge < -0.3 is 10.4 Å². The van der Waals surface area contributed by atoms with Crippen molar-refractivity contribution in [3.8, 4) is 0 Å². The van der Waals surface area contributed by atoms with Crippen LogP contribution in [0, 0.1) is 0 Å². The number of hydrogen-bond donors (Lipinski definition) is 2. The maximum Gasteiger partial charge on any atom is 0.335 e. The lowest BCUT2D eigenvalue weighted by Crippen LogP contribution is -2.39. The van der Waals surface area contributed by atoms with Gasteiger partial charge in [0.15, 0.2) is 0 Å². The Morgan fingerprint density at radius 2 is 2.10 bits per heavy atom. The second-order valence-corrected chi connectivity index (χ2v) is 6.10. The zero-order chi connectivity index (χ0) is 14.5. The van der Waals surface area contributed by atoms with Crippen LogP contribution >= 0.6 is 11.8 Å². The van der Waals surface area contributed by atoms with Gasteiger partial charge in [-0.2, -0.15) is 11.8 Å². The quantitative estimate of drug-likeness (QED) is 0.874. The summed E-state index contributed by atoms with van der Waals surface area (Å²) < 4.78 is 0. The topological polar surface area (TPSA) is 66.4 Å². The highest BCUT2D eigenvalue weighted by atomic mass is 32.2. The Morgan fingerprint density at radius 3 is 2.80 bits per heavy atom. The molecule has 0 aromatic heterocycles. The smallest absolute Gasteiger partial charge is 0.335 e. The number of aromatic carboxylic acids is 1. The second-order valence-electron chi connectivity index (χ2n) is 5.02. The number of carbonyl (C=O) groups is 2. The number of hydrogen-bond acceptors (Lipinski definition) is 3.